The fourth-order valence-electron chi connectivity index (χ4n) is 2.58. The number of nitrogens with zero attached hydrogens (tertiary/aromatic N) is 1. The van der Waals surface area contributed by atoms with E-state index in [4.69, 9.17) is 4.74 Å². The van der Waals surface area contributed by atoms with Gasteiger partial charge in [-0.25, -0.2) is 4.79 Å². The molecule has 1 saturated heterocycles. The van der Waals surface area contributed by atoms with Crippen LogP contribution >= 0.6 is 11.8 Å². The monoisotopic (exact) mass is 293 g/mol. The van der Waals surface area contributed by atoms with Crippen molar-refractivity contribution in [3.63, 3.8) is 0 Å². The Hall–Kier alpha value is -1.00. The van der Waals surface area contributed by atoms with E-state index < -0.39 is 0 Å². The first kappa shape index (κ1) is 15.4. The molecule has 1 aromatic rings. The van der Waals surface area contributed by atoms with Gasteiger partial charge in [-0.3, -0.25) is 4.90 Å². The first-order valence-corrected chi connectivity index (χ1v) is 8.38. The number of carbonyl (C=O) groups is 1. The predicted molar refractivity (Wildman–Crippen MR) is 83.9 cm³/mol. The Morgan fingerprint density at radius 1 is 1.40 bits per heavy atom. The lowest BCUT2D eigenvalue weighted by Gasteiger charge is -2.36. The van der Waals surface area contributed by atoms with Crippen LogP contribution in [0.15, 0.2) is 30.3 Å². The fraction of sp³-hybridized carbons (Fsp3) is 0.562. The van der Waals surface area contributed by atoms with Gasteiger partial charge in [0.05, 0.1) is 6.61 Å². The van der Waals surface area contributed by atoms with Gasteiger partial charge in [-0.2, -0.15) is 11.8 Å². The second kappa shape index (κ2) is 7.70. The van der Waals surface area contributed by atoms with Crippen molar-refractivity contribution >= 4 is 17.7 Å². The summed E-state index contributed by atoms with van der Waals surface area (Å²) in [5, 5.41) is 0.615. The van der Waals surface area contributed by atoms with Crippen LogP contribution in [0, 0.1) is 0 Å². The second-order valence-corrected chi connectivity index (χ2v) is 6.37. The summed E-state index contributed by atoms with van der Waals surface area (Å²) in [6, 6.07) is 9.72. The van der Waals surface area contributed by atoms with Gasteiger partial charge in [-0.05, 0) is 18.9 Å². The van der Waals surface area contributed by atoms with E-state index in [1.165, 1.54) is 0 Å². The molecule has 1 aliphatic rings. The van der Waals surface area contributed by atoms with Crippen LogP contribution in [0.4, 0.5) is 0 Å². The van der Waals surface area contributed by atoms with Crippen LogP contribution in [-0.2, 0) is 9.53 Å². The van der Waals surface area contributed by atoms with Crippen molar-refractivity contribution in [3.05, 3.63) is 35.9 Å². The molecule has 2 unspecified atom stereocenters. The SMILES string of the molecule is CCOC(=O)C(c1ccccc1)N1CCSC(CC)C1. The summed E-state index contributed by atoms with van der Waals surface area (Å²) in [6.07, 6.45) is 1.14. The summed E-state index contributed by atoms with van der Waals surface area (Å²) in [5.41, 5.74) is 1.03. The summed E-state index contributed by atoms with van der Waals surface area (Å²) in [5.74, 6) is 0.960. The van der Waals surface area contributed by atoms with Gasteiger partial charge in [0.1, 0.15) is 6.04 Å². The maximum Gasteiger partial charge on any atom is 0.328 e. The van der Waals surface area contributed by atoms with Crippen molar-refractivity contribution in [1.29, 1.82) is 0 Å². The number of ether oxygens (including phenoxy) is 1. The van der Waals surface area contributed by atoms with Crippen molar-refractivity contribution in [2.24, 2.45) is 0 Å². The summed E-state index contributed by atoms with van der Waals surface area (Å²) in [6.45, 7) is 6.41. The Morgan fingerprint density at radius 2 is 2.15 bits per heavy atom. The zero-order valence-electron chi connectivity index (χ0n) is 12.2. The minimum absolute atomic E-state index is 0.125. The molecule has 0 aromatic heterocycles. The fourth-order valence-corrected chi connectivity index (χ4v) is 3.78. The zero-order valence-corrected chi connectivity index (χ0v) is 13.1. The van der Waals surface area contributed by atoms with Crippen LogP contribution in [0.3, 0.4) is 0 Å². The third kappa shape index (κ3) is 3.76. The molecule has 0 amide bonds. The highest BCUT2D eigenvalue weighted by Gasteiger charge is 2.32. The molecular weight excluding hydrogens is 270 g/mol. The normalized spacial score (nSPS) is 21.4. The summed E-state index contributed by atoms with van der Waals surface area (Å²) in [4.78, 5) is 14.6. The van der Waals surface area contributed by atoms with Gasteiger partial charge < -0.3 is 4.74 Å². The molecule has 0 N–H and O–H groups in total. The van der Waals surface area contributed by atoms with E-state index in [9.17, 15) is 4.79 Å². The van der Waals surface area contributed by atoms with Crippen molar-refractivity contribution < 1.29 is 9.53 Å². The van der Waals surface area contributed by atoms with E-state index >= 15 is 0 Å². The van der Waals surface area contributed by atoms with E-state index in [2.05, 4.69) is 11.8 Å². The van der Waals surface area contributed by atoms with Crippen LogP contribution in [0.2, 0.25) is 0 Å². The smallest absolute Gasteiger partial charge is 0.328 e. The largest absolute Gasteiger partial charge is 0.465 e. The highest BCUT2D eigenvalue weighted by Crippen LogP contribution is 2.29. The van der Waals surface area contributed by atoms with E-state index in [0.717, 1.165) is 30.8 Å². The van der Waals surface area contributed by atoms with Crippen LogP contribution in [0.1, 0.15) is 31.9 Å². The molecule has 3 nitrogen and oxygen atoms in total. The van der Waals surface area contributed by atoms with Crippen molar-refractivity contribution in [3.8, 4) is 0 Å². The molecule has 1 fully saturated rings. The average Bonchev–Trinajstić information content (AvgIpc) is 2.49. The number of hydrogen-bond donors (Lipinski definition) is 0. The Balaban J connectivity index is 2.20. The lowest BCUT2D eigenvalue weighted by atomic mass is 10.0. The number of thioether (sulfide) groups is 1. The van der Waals surface area contributed by atoms with E-state index in [-0.39, 0.29) is 12.0 Å². The van der Waals surface area contributed by atoms with Gasteiger partial charge in [-0.1, -0.05) is 37.3 Å². The summed E-state index contributed by atoms with van der Waals surface area (Å²) < 4.78 is 5.29. The molecule has 0 bridgehead atoms. The minimum Gasteiger partial charge on any atom is -0.465 e. The topological polar surface area (TPSA) is 29.5 Å². The maximum absolute atomic E-state index is 12.4. The summed E-state index contributed by atoms with van der Waals surface area (Å²) in [7, 11) is 0. The van der Waals surface area contributed by atoms with Crippen molar-refractivity contribution in [1.82, 2.24) is 4.90 Å². The van der Waals surface area contributed by atoms with Gasteiger partial charge in [0.2, 0.25) is 0 Å². The van der Waals surface area contributed by atoms with E-state index in [0.29, 0.717) is 11.9 Å². The quantitative estimate of drug-likeness (QED) is 0.780. The average molecular weight is 293 g/mol. The molecule has 0 radical (unpaired) electrons. The Bertz CT molecular complexity index is 424. The maximum atomic E-state index is 12.4. The molecule has 1 aromatic carbocycles. The number of carbonyl (C=O) groups excluding carboxylic acids is 1. The molecule has 1 heterocycles. The molecule has 0 saturated carbocycles. The Kier molecular flexibility index (Phi) is 5.92. The van der Waals surface area contributed by atoms with Crippen LogP contribution < -0.4 is 0 Å². The highest BCUT2D eigenvalue weighted by molar-refractivity contribution is 8.00. The first-order chi connectivity index (χ1) is 9.76. The summed E-state index contributed by atoms with van der Waals surface area (Å²) >= 11 is 2.01. The van der Waals surface area contributed by atoms with Crippen LogP contribution in [-0.4, -0.2) is 41.6 Å². The third-order valence-electron chi connectivity index (χ3n) is 3.62. The number of hydrogen-bond acceptors (Lipinski definition) is 4. The molecule has 2 rings (SSSR count). The van der Waals surface area contributed by atoms with Crippen LogP contribution in [0.25, 0.3) is 0 Å². The molecule has 4 heteroatoms. The minimum atomic E-state index is -0.258. The van der Waals surface area contributed by atoms with Crippen molar-refractivity contribution in [2.45, 2.75) is 31.6 Å². The molecule has 0 spiro atoms. The van der Waals surface area contributed by atoms with Gasteiger partial charge >= 0.3 is 5.97 Å². The van der Waals surface area contributed by atoms with Gasteiger partial charge in [-0.15, -0.1) is 0 Å². The molecule has 0 aliphatic carbocycles. The molecular formula is C16H23NO2S. The highest BCUT2D eigenvalue weighted by atomic mass is 32.2. The molecule has 20 heavy (non-hydrogen) atoms. The molecule has 1 aliphatic heterocycles. The number of rotatable bonds is 5. The van der Waals surface area contributed by atoms with Gasteiger partial charge in [0.15, 0.2) is 0 Å². The standard InChI is InChI=1S/C16H23NO2S/c1-3-14-12-17(10-11-20-14)15(16(18)19-4-2)13-8-6-5-7-9-13/h5-9,14-15H,3-4,10-12H2,1-2H3. The van der Waals surface area contributed by atoms with Crippen molar-refractivity contribution in [2.75, 3.05) is 25.4 Å². The van der Waals surface area contributed by atoms with Gasteiger partial charge in [0, 0.05) is 24.1 Å². The van der Waals surface area contributed by atoms with Gasteiger partial charge in [0.25, 0.3) is 0 Å². The molecule has 110 valence electrons. The lowest BCUT2D eigenvalue weighted by Crippen LogP contribution is -2.43. The Morgan fingerprint density at radius 3 is 2.80 bits per heavy atom. The van der Waals surface area contributed by atoms with E-state index in [1.807, 2.05) is 49.0 Å². The lowest BCUT2D eigenvalue weighted by molar-refractivity contribution is -0.149. The third-order valence-corrected chi connectivity index (χ3v) is 4.99. The second-order valence-electron chi connectivity index (χ2n) is 4.96. The van der Waals surface area contributed by atoms with Crippen LogP contribution in [0.5, 0.6) is 0 Å². The molecule has 2 atom stereocenters. The number of esters is 1. The Labute approximate surface area is 125 Å². The number of benzene rings is 1. The first-order valence-electron chi connectivity index (χ1n) is 7.33. The predicted octanol–water partition coefficient (Wildman–Crippen LogP) is 3.12. The van der Waals surface area contributed by atoms with E-state index in [1.54, 1.807) is 0 Å². The zero-order chi connectivity index (χ0) is 14.4.